The maximum atomic E-state index is 12.0. The first-order chi connectivity index (χ1) is 14.4. The van der Waals surface area contributed by atoms with E-state index in [2.05, 4.69) is 5.10 Å². The number of carbonyl (C=O) groups excluding carboxylic acids is 1. The van der Waals surface area contributed by atoms with E-state index in [1.165, 1.54) is 18.0 Å². The number of ether oxygens (including phenoxy) is 3. The Kier molecular flexibility index (Phi) is 5.14. The van der Waals surface area contributed by atoms with Gasteiger partial charge in [0.15, 0.2) is 6.61 Å². The molecule has 0 aliphatic carbocycles. The Balaban J connectivity index is 1.50. The van der Waals surface area contributed by atoms with E-state index >= 15 is 0 Å². The molecule has 1 unspecified atom stereocenters. The number of amides is 1. The maximum absolute atomic E-state index is 12.0. The fraction of sp³-hybridized carbons (Fsp3) is 0.227. The van der Waals surface area contributed by atoms with Crippen LogP contribution in [0.5, 0.6) is 11.5 Å². The van der Waals surface area contributed by atoms with E-state index in [-0.39, 0.29) is 18.4 Å². The Morgan fingerprint density at radius 3 is 2.57 bits per heavy atom. The zero-order valence-electron chi connectivity index (χ0n) is 16.7. The minimum Gasteiger partial charge on any atom is -0.497 e. The standard InChI is InChI=1S/C22H20N2O6/c1-13-10-21(26)29-19-11-17(8-9-18(13)19)28-12-20-23-24(14(2)25)22(30-20)15-4-6-16(27-3)7-5-15/h4-11,22H,12H2,1-3H3. The van der Waals surface area contributed by atoms with Crippen LogP contribution in [0.2, 0.25) is 0 Å². The molecule has 1 aliphatic rings. The van der Waals surface area contributed by atoms with Crippen LogP contribution in [-0.2, 0) is 9.53 Å². The van der Waals surface area contributed by atoms with Crippen molar-refractivity contribution in [2.45, 2.75) is 20.1 Å². The monoisotopic (exact) mass is 408 g/mol. The topological polar surface area (TPSA) is 90.6 Å². The van der Waals surface area contributed by atoms with Gasteiger partial charge in [-0.15, -0.1) is 5.10 Å². The molecule has 0 N–H and O–H groups in total. The Morgan fingerprint density at radius 1 is 1.13 bits per heavy atom. The van der Waals surface area contributed by atoms with E-state index in [1.54, 1.807) is 31.4 Å². The SMILES string of the molecule is COc1ccc(C2OC(COc3ccc4c(C)cc(=O)oc4c3)=NN2C(C)=O)cc1. The van der Waals surface area contributed by atoms with Gasteiger partial charge < -0.3 is 18.6 Å². The van der Waals surface area contributed by atoms with E-state index < -0.39 is 11.9 Å². The van der Waals surface area contributed by atoms with Crippen LogP contribution in [0, 0.1) is 6.92 Å². The van der Waals surface area contributed by atoms with Crippen LogP contribution in [0.25, 0.3) is 11.0 Å². The molecule has 0 fully saturated rings. The van der Waals surface area contributed by atoms with Gasteiger partial charge in [-0.2, -0.15) is 5.01 Å². The van der Waals surface area contributed by atoms with E-state index in [0.717, 1.165) is 16.5 Å². The second-order valence-corrected chi connectivity index (χ2v) is 6.80. The molecule has 8 heteroatoms. The van der Waals surface area contributed by atoms with Crippen LogP contribution in [0.4, 0.5) is 0 Å². The first-order valence-corrected chi connectivity index (χ1v) is 9.30. The average Bonchev–Trinajstić information content (AvgIpc) is 3.16. The van der Waals surface area contributed by atoms with Crippen molar-refractivity contribution in [2.24, 2.45) is 5.10 Å². The van der Waals surface area contributed by atoms with E-state index in [9.17, 15) is 9.59 Å². The van der Waals surface area contributed by atoms with E-state index in [4.69, 9.17) is 18.6 Å². The average molecular weight is 408 g/mol. The smallest absolute Gasteiger partial charge is 0.336 e. The number of carbonyl (C=O) groups is 1. The van der Waals surface area contributed by atoms with Crippen LogP contribution in [0.3, 0.4) is 0 Å². The lowest BCUT2D eigenvalue weighted by molar-refractivity contribution is -0.135. The normalized spacial score (nSPS) is 15.6. The first-order valence-electron chi connectivity index (χ1n) is 9.30. The lowest BCUT2D eigenvalue weighted by Crippen LogP contribution is -2.25. The van der Waals surface area contributed by atoms with Gasteiger partial charge in [0, 0.05) is 30.0 Å². The summed E-state index contributed by atoms with van der Waals surface area (Å²) in [5, 5.41) is 6.34. The zero-order valence-corrected chi connectivity index (χ0v) is 16.7. The Bertz CT molecular complexity index is 1180. The number of benzene rings is 2. The maximum Gasteiger partial charge on any atom is 0.336 e. The summed E-state index contributed by atoms with van der Waals surface area (Å²) in [5.74, 6) is 1.20. The number of hydrogen-bond acceptors (Lipinski definition) is 7. The fourth-order valence-corrected chi connectivity index (χ4v) is 3.19. The number of hydrazone groups is 1. The highest BCUT2D eigenvalue weighted by Crippen LogP contribution is 2.30. The number of methoxy groups -OCH3 is 1. The molecular weight excluding hydrogens is 388 g/mol. The quantitative estimate of drug-likeness (QED) is 0.601. The summed E-state index contributed by atoms with van der Waals surface area (Å²) < 4.78 is 22.0. The van der Waals surface area contributed by atoms with Crippen molar-refractivity contribution in [2.75, 3.05) is 13.7 Å². The summed E-state index contributed by atoms with van der Waals surface area (Å²) in [5.41, 5.74) is 1.61. The molecule has 4 rings (SSSR count). The molecule has 1 atom stereocenters. The van der Waals surface area contributed by atoms with Crippen LogP contribution in [0.1, 0.15) is 24.3 Å². The molecule has 0 radical (unpaired) electrons. The van der Waals surface area contributed by atoms with Crippen molar-refractivity contribution in [3.05, 3.63) is 70.1 Å². The lowest BCUT2D eigenvalue weighted by atomic mass is 10.1. The van der Waals surface area contributed by atoms with Crippen molar-refractivity contribution in [1.29, 1.82) is 0 Å². The summed E-state index contributed by atoms with van der Waals surface area (Å²) in [4.78, 5) is 23.6. The van der Waals surface area contributed by atoms with Gasteiger partial charge in [0.05, 0.1) is 7.11 Å². The summed E-state index contributed by atoms with van der Waals surface area (Å²) in [6.07, 6.45) is -0.677. The number of fused-ring (bicyclic) bond motifs is 1. The summed E-state index contributed by atoms with van der Waals surface area (Å²) >= 11 is 0. The second-order valence-electron chi connectivity index (χ2n) is 6.80. The third-order valence-electron chi connectivity index (χ3n) is 4.70. The first kappa shape index (κ1) is 19.5. The van der Waals surface area contributed by atoms with Gasteiger partial charge in [0.2, 0.25) is 18.0 Å². The predicted octanol–water partition coefficient (Wildman–Crippen LogP) is 3.38. The van der Waals surface area contributed by atoms with Gasteiger partial charge in [-0.1, -0.05) is 0 Å². The minimum absolute atomic E-state index is 0.0119. The van der Waals surface area contributed by atoms with Crippen LogP contribution in [-0.4, -0.2) is 30.5 Å². The number of hydrogen-bond donors (Lipinski definition) is 0. The molecule has 0 saturated heterocycles. The van der Waals surface area contributed by atoms with Crippen molar-refractivity contribution in [3.63, 3.8) is 0 Å². The lowest BCUT2D eigenvalue weighted by Gasteiger charge is -2.19. The van der Waals surface area contributed by atoms with Gasteiger partial charge in [-0.3, -0.25) is 4.79 Å². The highest BCUT2D eigenvalue weighted by Gasteiger charge is 2.32. The van der Waals surface area contributed by atoms with Crippen LogP contribution >= 0.6 is 0 Å². The Morgan fingerprint density at radius 2 is 1.87 bits per heavy atom. The Hall–Kier alpha value is -3.81. The van der Waals surface area contributed by atoms with Crippen LogP contribution < -0.4 is 15.1 Å². The van der Waals surface area contributed by atoms with Gasteiger partial charge >= 0.3 is 5.63 Å². The molecule has 2 heterocycles. The molecule has 3 aromatic rings. The van der Waals surface area contributed by atoms with Gasteiger partial charge in [-0.25, -0.2) is 4.79 Å². The summed E-state index contributed by atoms with van der Waals surface area (Å²) in [6.45, 7) is 3.27. The molecular formula is C22H20N2O6. The molecule has 1 aromatic heterocycles. The highest BCUT2D eigenvalue weighted by molar-refractivity contribution is 5.84. The molecule has 1 aliphatic heterocycles. The molecule has 8 nitrogen and oxygen atoms in total. The molecule has 0 spiro atoms. The number of aryl methyl sites for hydroxylation is 1. The van der Waals surface area contributed by atoms with E-state index in [0.29, 0.717) is 17.1 Å². The second kappa shape index (κ2) is 7.90. The van der Waals surface area contributed by atoms with Crippen molar-refractivity contribution >= 4 is 22.8 Å². The fourth-order valence-electron chi connectivity index (χ4n) is 3.19. The third kappa shape index (κ3) is 3.84. The molecule has 0 bridgehead atoms. The van der Waals surface area contributed by atoms with Crippen molar-refractivity contribution < 1.29 is 23.4 Å². The molecule has 1 amide bonds. The highest BCUT2D eigenvalue weighted by atomic mass is 16.6. The van der Waals surface area contributed by atoms with Crippen molar-refractivity contribution in [3.8, 4) is 11.5 Å². The summed E-state index contributed by atoms with van der Waals surface area (Å²) in [7, 11) is 1.58. The largest absolute Gasteiger partial charge is 0.497 e. The third-order valence-corrected chi connectivity index (χ3v) is 4.70. The van der Waals surface area contributed by atoms with Gasteiger partial charge in [0.25, 0.3) is 0 Å². The molecule has 30 heavy (non-hydrogen) atoms. The van der Waals surface area contributed by atoms with Crippen LogP contribution in [0.15, 0.2) is 62.8 Å². The number of nitrogens with zero attached hydrogens (tertiary/aromatic N) is 2. The molecule has 154 valence electrons. The summed E-state index contributed by atoms with van der Waals surface area (Å²) in [6, 6.07) is 13.9. The molecule has 0 saturated carbocycles. The van der Waals surface area contributed by atoms with E-state index in [1.807, 2.05) is 25.1 Å². The predicted molar refractivity (Wildman–Crippen MR) is 109 cm³/mol. The minimum atomic E-state index is -0.677. The van der Waals surface area contributed by atoms with Gasteiger partial charge in [0.1, 0.15) is 17.1 Å². The molecule has 2 aromatic carbocycles. The Labute approximate surface area is 172 Å². The van der Waals surface area contributed by atoms with Gasteiger partial charge in [-0.05, 0) is 48.9 Å². The van der Waals surface area contributed by atoms with Crippen molar-refractivity contribution in [1.82, 2.24) is 5.01 Å². The zero-order chi connectivity index (χ0) is 21.3. The number of rotatable bonds is 5.